The first-order valence-electron chi connectivity index (χ1n) is 8.56. The Bertz CT molecular complexity index is 873. The van der Waals surface area contributed by atoms with Crippen molar-refractivity contribution in [3.8, 4) is 11.3 Å². The van der Waals surface area contributed by atoms with Crippen LogP contribution in [0.4, 0.5) is 17.5 Å². The quantitative estimate of drug-likeness (QED) is 0.630. The molecule has 2 heterocycles. The highest BCUT2D eigenvalue weighted by Crippen LogP contribution is 2.27. The van der Waals surface area contributed by atoms with E-state index in [0.717, 1.165) is 28.1 Å². The Labute approximate surface area is 153 Å². The number of benzene rings is 1. The summed E-state index contributed by atoms with van der Waals surface area (Å²) in [4.78, 5) is 13.1. The number of aliphatic hydroxyl groups is 1. The molecule has 0 amide bonds. The van der Waals surface area contributed by atoms with E-state index in [1.807, 2.05) is 18.2 Å². The topological polar surface area (TPSA) is 83.0 Å². The first-order valence-corrected chi connectivity index (χ1v) is 8.56. The summed E-state index contributed by atoms with van der Waals surface area (Å²) in [6, 6.07) is 10.0. The Balaban J connectivity index is 2.01. The van der Waals surface area contributed by atoms with Gasteiger partial charge >= 0.3 is 0 Å². The number of hydrogen-bond acceptors (Lipinski definition) is 6. The molecule has 0 atom stereocenters. The zero-order valence-electron chi connectivity index (χ0n) is 15.2. The van der Waals surface area contributed by atoms with Gasteiger partial charge in [0.2, 0.25) is 5.95 Å². The van der Waals surface area contributed by atoms with Crippen LogP contribution in [0.25, 0.3) is 11.3 Å². The molecule has 6 nitrogen and oxygen atoms in total. The van der Waals surface area contributed by atoms with Gasteiger partial charge in [0.05, 0.1) is 12.3 Å². The van der Waals surface area contributed by atoms with Crippen LogP contribution in [0.3, 0.4) is 0 Å². The molecule has 0 fully saturated rings. The van der Waals surface area contributed by atoms with Crippen molar-refractivity contribution in [1.82, 2.24) is 15.0 Å². The normalized spacial score (nSPS) is 10.6. The average molecular weight is 349 g/mol. The second-order valence-electron chi connectivity index (χ2n) is 6.25. The van der Waals surface area contributed by atoms with E-state index in [1.54, 1.807) is 12.4 Å². The minimum atomic E-state index is 0.0157. The molecule has 3 aromatic rings. The smallest absolute Gasteiger partial charge is 0.225 e. The van der Waals surface area contributed by atoms with Gasteiger partial charge in [-0.3, -0.25) is 4.98 Å². The van der Waals surface area contributed by atoms with E-state index >= 15 is 0 Å². The molecule has 134 valence electrons. The van der Waals surface area contributed by atoms with Crippen molar-refractivity contribution in [2.45, 2.75) is 20.8 Å². The summed E-state index contributed by atoms with van der Waals surface area (Å²) in [5, 5.41) is 15.5. The van der Waals surface area contributed by atoms with Crippen LogP contribution in [0.1, 0.15) is 16.7 Å². The Hall–Kier alpha value is -2.99. The Morgan fingerprint density at radius 3 is 2.31 bits per heavy atom. The molecule has 0 spiro atoms. The van der Waals surface area contributed by atoms with E-state index in [0.29, 0.717) is 18.3 Å². The molecule has 0 aliphatic carbocycles. The standard InChI is InChI=1S/C20H23N5O/c1-13-10-14(2)19(15(3)11-13)24-18-12-17(16-4-6-21-7-5-16)23-20(25-18)22-8-9-26/h4-7,10-12,26H,8-9H2,1-3H3,(H2,22,23,24,25). The third kappa shape index (κ3) is 4.15. The van der Waals surface area contributed by atoms with Crippen molar-refractivity contribution >= 4 is 17.5 Å². The lowest BCUT2D eigenvalue weighted by Gasteiger charge is -2.15. The van der Waals surface area contributed by atoms with Crippen molar-refractivity contribution in [2.75, 3.05) is 23.8 Å². The molecule has 0 aliphatic heterocycles. The molecular weight excluding hydrogens is 326 g/mol. The molecule has 3 rings (SSSR count). The summed E-state index contributed by atoms with van der Waals surface area (Å²) in [5.74, 6) is 1.17. The van der Waals surface area contributed by atoms with Gasteiger partial charge in [0.1, 0.15) is 5.82 Å². The molecule has 0 aliphatic rings. The summed E-state index contributed by atoms with van der Waals surface area (Å²) in [6.45, 7) is 6.66. The maximum Gasteiger partial charge on any atom is 0.225 e. The fraction of sp³-hybridized carbons (Fsp3) is 0.250. The van der Waals surface area contributed by atoms with E-state index in [-0.39, 0.29) is 6.61 Å². The highest BCUT2D eigenvalue weighted by molar-refractivity contribution is 5.70. The lowest BCUT2D eigenvalue weighted by atomic mass is 10.1. The van der Waals surface area contributed by atoms with E-state index in [2.05, 4.69) is 58.5 Å². The van der Waals surface area contributed by atoms with Gasteiger partial charge in [-0.1, -0.05) is 17.7 Å². The van der Waals surface area contributed by atoms with Crippen molar-refractivity contribution < 1.29 is 5.11 Å². The summed E-state index contributed by atoms with van der Waals surface area (Å²) < 4.78 is 0. The maximum absolute atomic E-state index is 9.08. The average Bonchev–Trinajstić information content (AvgIpc) is 2.63. The highest BCUT2D eigenvalue weighted by atomic mass is 16.3. The van der Waals surface area contributed by atoms with E-state index in [9.17, 15) is 0 Å². The fourth-order valence-corrected chi connectivity index (χ4v) is 2.93. The van der Waals surface area contributed by atoms with Crippen molar-refractivity contribution in [1.29, 1.82) is 0 Å². The first-order chi connectivity index (χ1) is 12.6. The zero-order chi connectivity index (χ0) is 18.5. The van der Waals surface area contributed by atoms with Crippen LogP contribution in [0, 0.1) is 20.8 Å². The van der Waals surface area contributed by atoms with Crippen LogP contribution in [-0.2, 0) is 0 Å². The lowest BCUT2D eigenvalue weighted by Crippen LogP contribution is -2.10. The Morgan fingerprint density at radius 1 is 0.962 bits per heavy atom. The number of rotatable bonds is 6. The number of pyridine rings is 1. The number of aryl methyl sites for hydroxylation is 3. The molecule has 0 saturated carbocycles. The largest absolute Gasteiger partial charge is 0.395 e. The monoisotopic (exact) mass is 349 g/mol. The highest BCUT2D eigenvalue weighted by Gasteiger charge is 2.10. The lowest BCUT2D eigenvalue weighted by molar-refractivity contribution is 0.311. The number of anilines is 3. The molecule has 26 heavy (non-hydrogen) atoms. The third-order valence-corrected chi connectivity index (χ3v) is 4.03. The number of aromatic nitrogens is 3. The van der Waals surface area contributed by atoms with Gasteiger partial charge in [-0.05, 0) is 44.0 Å². The van der Waals surface area contributed by atoms with Gasteiger partial charge < -0.3 is 15.7 Å². The van der Waals surface area contributed by atoms with Gasteiger partial charge in [0, 0.05) is 36.3 Å². The van der Waals surface area contributed by atoms with Gasteiger partial charge in [-0.25, -0.2) is 4.98 Å². The van der Waals surface area contributed by atoms with Crippen molar-refractivity contribution in [2.24, 2.45) is 0 Å². The summed E-state index contributed by atoms with van der Waals surface area (Å²) in [6.07, 6.45) is 3.47. The van der Waals surface area contributed by atoms with Crippen LogP contribution in [0.15, 0.2) is 42.7 Å². The summed E-state index contributed by atoms with van der Waals surface area (Å²) >= 11 is 0. The second kappa shape index (κ2) is 7.93. The van der Waals surface area contributed by atoms with E-state index in [4.69, 9.17) is 5.11 Å². The van der Waals surface area contributed by atoms with Crippen LogP contribution in [0.5, 0.6) is 0 Å². The number of aliphatic hydroxyl groups excluding tert-OH is 1. The summed E-state index contributed by atoms with van der Waals surface area (Å²) in [7, 11) is 0. The minimum absolute atomic E-state index is 0.0157. The number of nitrogens with zero attached hydrogens (tertiary/aromatic N) is 3. The van der Waals surface area contributed by atoms with Crippen LogP contribution >= 0.6 is 0 Å². The van der Waals surface area contributed by atoms with Crippen molar-refractivity contribution in [3.63, 3.8) is 0 Å². The SMILES string of the molecule is Cc1cc(C)c(Nc2cc(-c3ccncc3)nc(NCCO)n2)c(C)c1. The van der Waals surface area contributed by atoms with Gasteiger partial charge in [0.25, 0.3) is 0 Å². The third-order valence-electron chi connectivity index (χ3n) is 4.03. The zero-order valence-corrected chi connectivity index (χ0v) is 15.2. The molecule has 3 N–H and O–H groups in total. The van der Waals surface area contributed by atoms with E-state index < -0.39 is 0 Å². The number of nitrogens with one attached hydrogen (secondary N) is 2. The fourth-order valence-electron chi connectivity index (χ4n) is 2.93. The molecule has 2 aromatic heterocycles. The van der Waals surface area contributed by atoms with Crippen LogP contribution in [-0.4, -0.2) is 33.2 Å². The first kappa shape index (κ1) is 17.8. The predicted molar refractivity (Wildman–Crippen MR) is 105 cm³/mol. The second-order valence-corrected chi connectivity index (χ2v) is 6.25. The van der Waals surface area contributed by atoms with Gasteiger partial charge in [-0.15, -0.1) is 0 Å². The predicted octanol–water partition coefficient (Wildman–Crippen LogP) is 3.61. The number of hydrogen-bond donors (Lipinski definition) is 3. The molecule has 0 radical (unpaired) electrons. The van der Waals surface area contributed by atoms with Crippen LogP contribution in [0.2, 0.25) is 0 Å². The summed E-state index contributed by atoms with van der Waals surface area (Å²) in [5.41, 5.74) is 6.34. The van der Waals surface area contributed by atoms with Gasteiger partial charge in [0.15, 0.2) is 0 Å². The minimum Gasteiger partial charge on any atom is -0.395 e. The molecule has 1 aromatic carbocycles. The maximum atomic E-state index is 9.08. The van der Waals surface area contributed by atoms with Gasteiger partial charge in [-0.2, -0.15) is 4.98 Å². The molecule has 6 heteroatoms. The molecule has 0 bridgehead atoms. The Morgan fingerprint density at radius 2 is 1.65 bits per heavy atom. The Kier molecular flexibility index (Phi) is 5.43. The van der Waals surface area contributed by atoms with Crippen LogP contribution < -0.4 is 10.6 Å². The molecule has 0 unspecified atom stereocenters. The van der Waals surface area contributed by atoms with E-state index in [1.165, 1.54) is 5.56 Å². The molecular formula is C20H23N5O. The van der Waals surface area contributed by atoms with Crippen molar-refractivity contribution in [3.05, 3.63) is 59.4 Å². The molecule has 0 saturated heterocycles.